The van der Waals surface area contributed by atoms with E-state index >= 15 is 0 Å². The molecule has 0 radical (unpaired) electrons. The van der Waals surface area contributed by atoms with Crippen LogP contribution in [0.25, 0.3) is 66.4 Å². The van der Waals surface area contributed by atoms with Crippen molar-refractivity contribution in [3.05, 3.63) is 224 Å². The Morgan fingerprint density at radius 1 is 0.245 bits per heavy atom. The summed E-state index contributed by atoms with van der Waals surface area (Å²) in [5.41, 5.74) is 15.3. The zero-order valence-electron chi connectivity index (χ0n) is 29.3. The minimum Gasteiger partial charge on any atom is -0.310 e. The number of hydrogen-bond donors (Lipinski definition) is 0. The van der Waals surface area contributed by atoms with E-state index in [9.17, 15) is 0 Å². The van der Waals surface area contributed by atoms with Crippen LogP contribution < -0.4 is 4.90 Å². The summed E-state index contributed by atoms with van der Waals surface area (Å²) in [4.78, 5) is 2.40. The fourth-order valence-electron chi connectivity index (χ4n) is 7.42. The van der Waals surface area contributed by atoms with Crippen LogP contribution in [-0.4, -0.2) is 0 Å². The van der Waals surface area contributed by atoms with Gasteiger partial charge in [0.15, 0.2) is 0 Å². The minimum absolute atomic E-state index is 1.10. The number of nitrogens with zero attached hydrogens (tertiary/aromatic N) is 1. The van der Waals surface area contributed by atoms with Crippen LogP contribution >= 0.6 is 0 Å². The molecule has 0 aromatic heterocycles. The molecule has 9 aromatic carbocycles. The Morgan fingerprint density at radius 2 is 0.698 bits per heavy atom. The van der Waals surface area contributed by atoms with Gasteiger partial charge >= 0.3 is 0 Å². The number of hydrogen-bond acceptors (Lipinski definition) is 1. The van der Waals surface area contributed by atoms with Crippen molar-refractivity contribution in [3.63, 3.8) is 0 Å². The molecule has 0 saturated heterocycles. The lowest BCUT2D eigenvalue weighted by Gasteiger charge is -2.28. The first-order valence-corrected chi connectivity index (χ1v) is 18.2. The van der Waals surface area contributed by atoms with Crippen molar-refractivity contribution >= 4 is 27.8 Å². The molecule has 0 unspecified atom stereocenters. The van der Waals surface area contributed by atoms with Gasteiger partial charge in [-0.05, 0) is 97.2 Å². The van der Waals surface area contributed by atoms with Crippen molar-refractivity contribution < 1.29 is 0 Å². The van der Waals surface area contributed by atoms with Crippen molar-refractivity contribution in [1.29, 1.82) is 0 Å². The summed E-state index contributed by atoms with van der Waals surface area (Å²) in [6.07, 6.45) is 0. The highest BCUT2D eigenvalue weighted by molar-refractivity contribution is 5.98. The molecule has 1 heteroatoms. The van der Waals surface area contributed by atoms with E-state index in [1.165, 1.54) is 66.4 Å². The molecule has 0 spiro atoms. The largest absolute Gasteiger partial charge is 0.310 e. The Hall–Kier alpha value is -6.96. The number of rotatable bonds is 8. The molecular weight excluding hydrogens is 639 g/mol. The van der Waals surface area contributed by atoms with Crippen molar-refractivity contribution in [1.82, 2.24) is 0 Å². The summed E-state index contributed by atoms with van der Waals surface area (Å²) in [6.45, 7) is 0. The average molecular weight is 676 g/mol. The first-order chi connectivity index (χ1) is 26.3. The maximum absolute atomic E-state index is 2.40. The lowest BCUT2D eigenvalue weighted by Crippen LogP contribution is -2.11. The van der Waals surface area contributed by atoms with Crippen molar-refractivity contribution in [3.8, 4) is 55.6 Å². The molecular formula is C52H37N. The van der Waals surface area contributed by atoms with Crippen LogP contribution in [0, 0.1) is 0 Å². The average Bonchev–Trinajstić information content (AvgIpc) is 3.25. The van der Waals surface area contributed by atoms with Gasteiger partial charge in [-0.3, -0.25) is 0 Å². The van der Waals surface area contributed by atoms with Gasteiger partial charge in [-0.2, -0.15) is 0 Å². The van der Waals surface area contributed by atoms with Gasteiger partial charge in [0.2, 0.25) is 0 Å². The molecule has 0 aliphatic carbocycles. The Bertz CT molecular complexity index is 2640. The molecule has 250 valence electrons. The molecule has 0 atom stereocenters. The summed E-state index contributed by atoms with van der Waals surface area (Å²) in [7, 11) is 0. The van der Waals surface area contributed by atoms with Gasteiger partial charge in [-0.15, -0.1) is 0 Å². The number of para-hydroxylation sites is 1. The van der Waals surface area contributed by atoms with E-state index in [1.54, 1.807) is 0 Å². The van der Waals surface area contributed by atoms with E-state index in [1.807, 2.05) is 0 Å². The summed E-state index contributed by atoms with van der Waals surface area (Å²) in [5, 5.41) is 2.50. The fourth-order valence-corrected chi connectivity index (χ4v) is 7.42. The second-order valence-corrected chi connectivity index (χ2v) is 13.4. The molecule has 0 fully saturated rings. The van der Waals surface area contributed by atoms with E-state index in [-0.39, 0.29) is 0 Å². The van der Waals surface area contributed by atoms with E-state index in [2.05, 4.69) is 229 Å². The van der Waals surface area contributed by atoms with Gasteiger partial charge in [-0.1, -0.05) is 188 Å². The van der Waals surface area contributed by atoms with Crippen LogP contribution in [0.2, 0.25) is 0 Å². The SMILES string of the molecule is c1ccc(-c2ccc(-c3cccc(N(c4ccc(-c5ccccc5)cc4)c4ccccc4-c4cccc(-c5cccc6ccccc56)c4)c3)cc2)cc1. The third-order valence-electron chi connectivity index (χ3n) is 10.1. The maximum Gasteiger partial charge on any atom is 0.0540 e. The van der Waals surface area contributed by atoms with Crippen LogP contribution in [0.4, 0.5) is 17.1 Å². The second-order valence-electron chi connectivity index (χ2n) is 13.4. The predicted octanol–water partition coefficient (Wildman–Crippen LogP) is 14.6. The molecule has 0 amide bonds. The van der Waals surface area contributed by atoms with Gasteiger partial charge in [-0.25, -0.2) is 0 Å². The highest BCUT2D eigenvalue weighted by Crippen LogP contribution is 2.43. The topological polar surface area (TPSA) is 3.24 Å². The van der Waals surface area contributed by atoms with Crippen LogP contribution in [0.15, 0.2) is 224 Å². The van der Waals surface area contributed by atoms with Crippen molar-refractivity contribution in [2.75, 3.05) is 4.90 Å². The first-order valence-electron chi connectivity index (χ1n) is 18.2. The maximum atomic E-state index is 2.40. The number of anilines is 3. The van der Waals surface area contributed by atoms with E-state index in [0.29, 0.717) is 0 Å². The summed E-state index contributed by atoms with van der Waals surface area (Å²) in [6, 6.07) is 80.8. The Morgan fingerprint density at radius 3 is 1.42 bits per heavy atom. The molecule has 0 heterocycles. The molecule has 9 aromatic rings. The Balaban J connectivity index is 1.16. The monoisotopic (exact) mass is 675 g/mol. The molecule has 0 bridgehead atoms. The second kappa shape index (κ2) is 14.3. The number of fused-ring (bicyclic) bond motifs is 1. The Kier molecular flexibility index (Phi) is 8.66. The summed E-state index contributed by atoms with van der Waals surface area (Å²) < 4.78 is 0. The smallest absolute Gasteiger partial charge is 0.0540 e. The van der Waals surface area contributed by atoms with Crippen LogP contribution in [0.1, 0.15) is 0 Å². The van der Waals surface area contributed by atoms with Crippen molar-refractivity contribution in [2.45, 2.75) is 0 Å². The molecule has 0 aliphatic heterocycles. The molecule has 9 rings (SSSR count). The van der Waals surface area contributed by atoms with Crippen LogP contribution in [0.5, 0.6) is 0 Å². The highest BCUT2D eigenvalue weighted by atomic mass is 15.1. The summed E-state index contributed by atoms with van der Waals surface area (Å²) >= 11 is 0. The van der Waals surface area contributed by atoms with Crippen molar-refractivity contribution in [2.24, 2.45) is 0 Å². The molecule has 0 N–H and O–H groups in total. The Labute approximate surface area is 311 Å². The molecule has 1 nitrogen and oxygen atoms in total. The molecule has 0 aliphatic rings. The normalized spacial score (nSPS) is 11.0. The summed E-state index contributed by atoms with van der Waals surface area (Å²) in [5.74, 6) is 0. The molecule has 53 heavy (non-hydrogen) atoms. The van der Waals surface area contributed by atoms with Crippen LogP contribution in [0.3, 0.4) is 0 Å². The quantitative estimate of drug-likeness (QED) is 0.155. The van der Waals surface area contributed by atoms with Gasteiger partial charge in [0.1, 0.15) is 0 Å². The third-order valence-corrected chi connectivity index (χ3v) is 10.1. The zero-order chi connectivity index (χ0) is 35.4. The lowest BCUT2D eigenvalue weighted by molar-refractivity contribution is 1.28. The van der Waals surface area contributed by atoms with E-state index < -0.39 is 0 Å². The highest BCUT2D eigenvalue weighted by Gasteiger charge is 2.18. The van der Waals surface area contributed by atoms with Gasteiger partial charge in [0.25, 0.3) is 0 Å². The van der Waals surface area contributed by atoms with Gasteiger partial charge in [0.05, 0.1) is 5.69 Å². The van der Waals surface area contributed by atoms with Gasteiger partial charge < -0.3 is 4.90 Å². The third kappa shape index (κ3) is 6.53. The minimum atomic E-state index is 1.10. The first kappa shape index (κ1) is 32.0. The van der Waals surface area contributed by atoms with Gasteiger partial charge in [0, 0.05) is 16.9 Å². The zero-order valence-corrected chi connectivity index (χ0v) is 29.3. The standard InChI is InChI=1S/C52H37N/c1-3-14-38(15-4-1)40-28-30-42(31-29-40)44-20-12-23-48(37-44)53(47-34-32-41(33-35-47)39-16-5-2-6-17-39)52-27-10-9-25-51(52)46-22-11-21-45(36-46)50-26-13-19-43-18-7-8-24-49(43)50/h1-37H. The number of benzene rings is 9. The predicted molar refractivity (Wildman–Crippen MR) is 226 cm³/mol. The fraction of sp³-hybridized carbons (Fsp3) is 0. The molecule has 0 saturated carbocycles. The van der Waals surface area contributed by atoms with E-state index in [4.69, 9.17) is 0 Å². The van der Waals surface area contributed by atoms with E-state index in [0.717, 1.165) is 17.1 Å². The lowest BCUT2D eigenvalue weighted by atomic mass is 9.94. The van der Waals surface area contributed by atoms with Crippen LogP contribution in [-0.2, 0) is 0 Å².